The second-order valence-corrected chi connectivity index (χ2v) is 7.16. The average Bonchev–Trinajstić information content (AvgIpc) is 3.16. The smallest absolute Gasteiger partial charge is 0.167 e. The van der Waals surface area contributed by atoms with E-state index in [0.717, 1.165) is 23.2 Å². The summed E-state index contributed by atoms with van der Waals surface area (Å²) < 4.78 is 32.7. The van der Waals surface area contributed by atoms with Crippen molar-refractivity contribution in [1.82, 2.24) is 0 Å². The number of anilines is 2. The lowest BCUT2D eigenvalue weighted by molar-refractivity contribution is 0.163. The van der Waals surface area contributed by atoms with Gasteiger partial charge in [0.25, 0.3) is 0 Å². The van der Waals surface area contributed by atoms with Crippen molar-refractivity contribution in [1.29, 1.82) is 5.26 Å². The molecule has 0 unspecified atom stereocenters. The molecule has 2 heterocycles. The van der Waals surface area contributed by atoms with E-state index in [1.807, 2.05) is 25.1 Å². The molecule has 4 rings (SSSR count). The first-order chi connectivity index (χ1) is 14.0. The normalized spacial score (nSPS) is 17.0. The molecule has 2 aromatic rings. The number of nitrogens with zero attached hydrogens (tertiary/aromatic N) is 3. The third kappa shape index (κ3) is 4.11. The Morgan fingerprint density at radius 3 is 2.55 bits per heavy atom. The third-order valence-electron chi connectivity index (χ3n) is 5.14. The third-order valence-corrected chi connectivity index (χ3v) is 5.14. The molecule has 7 heteroatoms. The van der Waals surface area contributed by atoms with Crippen LogP contribution < -0.4 is 14.7 Å². The van der Waals surface area contributed by atoms with Gasteiger partial charge in [-0.3, -0.25) is 0 Å². The van der Waals surface area contributed by atoms with Gasteiger partial charge < -0.3 is 14.5 Å². The molecule has 2 aliphatic rings. The van der Waals surface area contributed by atoms with Crippen molar-refractivity contribution in [2.75, 3.05) is 29.6 Å². The summed E-state index contributed by atoms with van der Waals surface area (Å²) in [5.74, 6) is -0.398. The summed E-state index contributed by atoms with van der Waals surface area (Å²) in [6, 6.07) is 11.1. The van der Waals surface area contributed by atoms with Crippen LogP contribution >= 0.6 is 0 Å². The monoisotopic (exact) mass is 397 g/mol. The number of benzene rings is 2. The fourth-order valence-corrected chi connectivity index (χ4v) is 3.63. The largest absolute Gasteiger partial charge is 0.487 e. The molecule has 5 nitrogen and oxygen atoms in total. The van der Waals surface area contributed by atoms with Gasteiger partial charge in [-0.2, -0.15) is 5.26 Å². The Morgan fingerprint density at radius 2 is 1.90 bits per heavy atom. The van der Waals surface area contributed by atoms with Gasteiger partial charge in [0.15, 0.2) is 11.6 Å². The van der Waals surface area contributed by atoms with Crippen molar-refractivity contribution in [2.45, 2.75) is 25.9 Å². The van der Waals surface area contributed by atoms with Gasteiger partial charge in [0.2, 0.25) is 0 Å². The number of allylic oxidation sites excluding steroid dienone is 1. The summed E-state index contributed by atoms with van der Waals surface area (Å²) in [7, 11) is 0. The second-order valence-electron chi connectivity index (χ2n) is 7.16. The molecule has 0 amide bonds. The molecule has 0 saturated carbocycles. The van der Waals surface area contributed by atoms with Gasteiger partial charge in [-0.05, 0) is 43.3 Å². The van der Waals surface area contributed by atoms with Crippen molar-refractivity contribution in [3.05, 3.63) is 65.4 Å². The molecule has 2 aliphatic heterocycles. The first-order valence-electron chi connectivity index (χ1n) is 9.56. The van der Waals surface area contributed by atoms with Gasteiger partial charge in [0, 0.05) is 32.0 Å². The van der Waals surface area contributed by atoms with Crippen molar-refractivity contribution >= 4 is 11.4 Å². The molecule has 0 atom stereocenters. The average molecular weight is 397 g/mol. The van der Waals surface area contributed by atoms with E-state index >= 15 is 0 Å². The minimum atomic E-state index is -0.684. The van der Waals surface area contributed by atoms with Crippen LogP contribution in [0.15, 0.2) is 48.2 Å². The highest BCUT2D eigenvalue weighted by molar-refractivity contribution is 5.73. The van der Waals surface area contributed by atoms with Crippen molar-refractivity contribution in [2.24, 2.45) is 0 Å². The predicted molar refractivity (Wildman–Crippen MR) is 106 cm³/mol. The zero-order chi connectivity index (χ0) is 20.4. The quantitative estimate of drug-likeness (QED) is 0.758. The highest BCUT2D eigenvalue weighted by atomic mass is 19.1. The van der Waals surface area contributed by atoms with Crippen LogP contribution in [0.2, 0.25) is 0 Å². The lowest BCUT2D eigenvalue weighted by Crippen LogP contribution is -2.39. The number of nitriles is 1. The summed E-state index contributed by atoms with van der Waals surface area (Å²) in [6.45, 7) is 3.95. The summed E-state index contributed by atoms with van der Waals surface area (Å²) >= 11 is 0. The second kappa shape index (κ2) is 8.00. The molecule has 0 spiro atoms. The van der Waals surface area contributed by atoms with Gasteiger partial charge in [-0.25, -0.2) is 13.8 Å². The van der Waals surface area contributed by atoms with Gasteiger partial charge in [-0.1, -0.05) is 0 Å². The molecule has 0 aromatic heterocycles. The number of halogens is 2. The first-order valence-corrected chi connectivity index (χ1v) is 9.56. The van der Waals surface area contributed by atoms with E-state index in [0.29, 0.717) is 38.0 Å². The van der Waals surface area contributed by atoms with E-state index in [4.69, 9.17) is 9.57 Å². The van der Waals surface area contributed by atoms with Crippen LogP contribution in [-0.2, 0) is 4.84 Å². The zero-order valence-electron chi connectivity index (χ0n) is 16.1. The molecule has 29 heavy (non-hydrogen) atoms. The van der Waals surface area contributed by atoms with E-state index in [1.54, 1.807) is 11.1 Å². The lowest BCUT2D eigenvalue weighted by atomic mass is 10.1. The van der Waals surface area contributed by atoms with Crippen LogP contribution in [-0.4, -0.2) is 25.7 Å². The standard InChI is InChI=1S/C22H21F2N3O2/c1-15-6-11-27(29-15)21-12-16(14-25)2-4-20(21)26-9-7-18(8-10-26)28-22-5-3-17(23)13-19(22)24/h2-6,12-13,18H,7-11H2,1H3. The molecular formula is C22H21F2N3O2. The molecule has 2 aromatic carbocycles. The molecule has 1 saturated heterocycles. The minimum Gasteiger partial charge on any atom is -0.487 e. The maximum absolute atomic E-state index is 13.8. The van der Waals surface area contributed by atoms with Gasteiger partial charge >= 0.3 is 0 Å². The number of ether oxygens (including phenoxy) is 1. The molecule has 150 valence electrons. The maximum Gasteiger partial charge on any atom is 0.167 e. The predicted octanol–water partition coefficient (Wildman–Crippen LogP) is 4.54. The van der Waals surface area contributed by atoms with Crippen molar-refractivity contribution in [3.63, 3.8) is 0 Å². The molecule has 0 bridgehead atoms. The SMILES string of the molecule is CC1=CCN(c2cc(C#N)ccc2N2CCC(Oc3ccc(F)cc3F)CC2)O1. The molecule has 0 aliphatic carbocycles. The Labute approximate surface area is 168 Å². The molecule has 0 N–H and O–H groups in total. The highest BCUT2D eigenvalue weighted by Gasteiger charge is 2.26. The Bertz CT molecular complexity index is 979. The topological polar surface area (TPSA) is 48.7 Å². The van der Waals surface area contributed by atoms with E-state index in [-0.39, 0.29) is 11.9 Å². The minimum absolute atomic E-state index is 0.0796. The van der Waals surface area contributed by atoms with E-state index in [1.165, 1.54) is 12.1 Å². The number of hydroxylamine groups is 1. The van der Waals surface area contributed by atoms with Gasteiger partial charge in [-0.15, -0.1) is 0 Å². The van der Waals surface area contributed by atoms with Crippen LogP contribution in [0.4, 0.5) is 20.2 Å². The fourth-order valence-electron chi connectivity index (χ4n) is 3.63. The van der Waals surface area contributed by atoms with Crippen LogP contribution in [0.25, 0.3) is 0 Å². The Morgan fingerprint density at radius 1 is 1.10 bits per heavy atom. The summed E-state index contributed by atoms with van der Waals surface area (Å²) in [6.07, 6.45) is 3.25. The first kappa shape index (κ1) is 19.1. The fraction of sp³-hybridized carbons (Fsp3) is 0.318. The summed E-state index contributed by atoms with van der Waals surface area (Å²) in [5.41, 5.74) is 2.40. The van der Waals surface area contributed by atoms with Crippen molar-refractivity contribution < 1.29 is 18.4 Å². The molecular weight excluding hydrogens is 376 g/mol. The van der Waals surface area contributed by atoms with E-state index in [9.17, 15) is 14.0 Å². The van der Waals surface area contributed by atoms with Crippen LogP contribution in [0.1, 0.15) is 25.3 Å². The maximum atomic E-state index is 13.8. The summed E-state index contributed by atoms with van der Waals surface area (Å²) in [4.78, 5) is 7.98. The Hall–Kier alpha value is -3.27. The Balaban J connectivity index is 1.46. The van der Waals surface area contributed by atoms with Crippen LogP contribution in [0, 0.1) is 23.0 Å². The highest BCUT2D eigenvalue weighted by Crippen LogP contribution is 2.35. The number of hydrogen-bond acceptors (Lipinski definition) is 5. The van der Waals surface area contributed by atoms with Crippen LogP contribution in [0.5, 0.6) is 5.75 Å². The van der Waals surface area contributed by atoms with Crippen LogP contribution in [0.3, 0.4) is 0 Å². The lowest BCUT2D eigenvalue weighted by Gasteiger charge is -2.36. The van der Waals surface area contributed by atoms with E-state index < -0.39 is 11.6 Å². The number of rotatable bonds is 4. The van der Waals surface area contributed by atoms with E-state index in [2.05, 4.69) is 11.0 Å². The summed E-state index contributed by atoms with van der Waals surface area (Å²) in [5, 5.41) is 11.0. The number of piperidine rings is 1. The van der Waals surface area contributed by atoms with Gasteiger partial charge in [0.1, 0.15) is 17.7 Å². The molecule has 1 fully saturated rings. The van der Waals surface area contributed by atoms with Crippen molar-refractivity contribution in [3.8, 4) is 11.8 Å². The zero-order valence-corrected chi connectivity index (χ0v) is 16.1. The Kier molecular flexibility index (Phi) is 5.26. The number of hydrogen-bond donors (Lipinski definition) is 0. The molecule has 0 radical (unpaired) electrons. The van der Waals surface area contributed by atoms with Gasteiger partial charge in [0.05, 0.1) is 29.6 Å².